The lowest BCUT2D eigenvalue weighted by molar-refractivity contribution is -0.384. The number of aryl methyl sites for hydroxylation is 1. The molecular formula is C16H12ClN3O4S. The number of nitro groups is 1. The summed E-state index contributed by atoms with van der Waals surface area (Å²) < 4.78 is 7.81. The highest BCUT2D eigenvalue weighted by Gasteiger charge is 2.11. The van der Waals surface area contributed by atoms with Gasteiger partial charge in [0.25, 0.3) is 11.6 Å². The Bertz CT molecular complexity index is 1020. The van der Waals surface area contributed by atoms with Gasteiger partial charge < -0.3 is 9.30 Å². The van der Waals surface area contributed by atoms with Gasteiger partial charge in [-0.3, -0.25) is 14.9 Å². The van der Waals surface area contributed by atoms with Crippen LogP contribution in [0.4, 0.5) is 5.69 Å². The molecule has 0 saturated heterocycles. The average Bonchev–Trinajstić information content (AvgIpc) is 2.90. The molecular weight excluding hydrogens is 366 g/mol. The summed E-state index contributed by atoms with van der Waals surface area (Å²) in [5, 5.41) is 11.5. The van der Waals surface area contributed by atoms with Crippen LogP contribution >= 0.6 is 22.9 Å². The fourth-order valence-electron chi connectivity index (χ4n) is 2.15. The second-order valence-electron chi connectivity index (χ2n) is 5.10. The molecule has 1 heterocycles. The maximum atomic E-state index is 12.0. The van der Waals surface area contributed by atoms with Crippen molar-refractivity contribution >= 4 is 44.7 Å². The van der Waals surface area contributed by atoms with Gasteiger partial charge in [-0.25, -0.2) is 0 Å². The molecule has 0 spiro atoms. The topological polar surface area (TPSA) is 86.7 Å². The van der Waals surface area contributed by atoms with Crippen molar-refractivity contribution in [1.82, 2.24) is 4.57 Å². The normalized spacial score (nSPS) is 11.7. The molecule has 7 nitrogen and oxygen atoms in total. The molecule has 0 fully saturated rings. The lowest BCUT2D eigenvalue weighted by Crippen LogP contribution is -2.17. The standard InChI is InChI=1S/C16H12ClN3O4S/c1-19-13-8-11(20(22)23)4-7-14(13)25-16(19)18-15(21)9-24-12-5-2-10(17)3-6-12/h2-8H,9H2,1H3. The van der Waals surface area contributed by atoms with Crippen molar-refractivity contribution in [3.05, 3.63) is 62.4 Å². The molecule has 0 aliphatic carbocycles. The fourth-order valence-corrected chi connectivity index (χ4v) is 3.29. The van der Waals surface area contributed by atoms with Crippen LogP contribution in [0.3, 0.4) is 0 Å². The largest absolute Gasteiger partial charge is 0.484 e. The van der Waals surface area contributed by atoms with Crippen LogP contribution < -0.4 is 9.54 Å². The Morgan fingerprint density at radius 2 is 2.04 bits per heavy atom. The molecule has 1 amide bonds. The number of hydrogen-bond acceptors (Lipinski definition) is 5. The van der Waals surface area contributed by atoms with E-state index < -0.39 is 10.8 Å². The predicted octanol–water partition coefficient (Wildman–Crippen LogP) is 3.31. The molecule has 25 heavy (non-hydrogen) atoms. The smallest absolute Gasteiger partial charge is 0.286 e. The SMILES string of the molecule is Cn1c(=NC(=O)COc2ccc(Cl)cc2)sc2ccc([N+](=O)[O-])cc21. The molecule has 0 N–H and O–H groups in total. The summed E-state index contributed by atoms with van der Waals surface area (Å²) in [6, 6.07) is 11.2. The quantitative estimate of drug-likeness (QED) is 0.515. The minimum atomic E-state index is -0.459. The lowest BCUT2D eigenvalue weighted by atomic mass is 10.3. The molecule has 0 aliphatic heterocycles. The maximum absolute atomic E-state index is 12.0. The number of nitro benzene ring substituents is 1. The average molecular weight is 378 g/mol. The number of ether oxygens (including phenoxy) is 1. The fraction of sp³-hybridized carbons (Fsp3) is 0.125. The Kier molecular flexibility index (Phi) is 4.82. The van der Waals surface area contributed by atoms with Gasteiger partial charge in [-0.1, -0.05) is 22.9 Å². The van der Waals surface area contributed by atoms with Crippen LogP contribution in [-0.2, 0) is 11.8 Å². The van der Waals surface area contributed by atoms with Gasteiger partial charge in [0, 0.05) is 24.2 Å². The van der Waals surface area contributed by atoms with E-state index in [-0.39, 0.29) is 12.3 Å². The molecule has 0 unspecified atom stereocenters. The van der Waals surface area contributed by atoms with Gasteiger partial charge in [0.1, 0.15) is 5.75 Å². The van der Waals surface area contributed by atoms with E-state index in [2.05, 4.69) is 4.99 Å². The van der Waals surface area contributed by atoms with Gasteiger partial charge in [-0.15, -0.1) is 0 Å². The van der Waals surface area contributed by atoms with E-state index >= 15 is 0 Å². The van der Waals surface area contributed by atoms with E-state index in [1.165, 1.54) is 23.5 Å². The zero-order valence-corrected chi connectivity index (χ0v) is 14.6. The highest BCUT2D eigenvalue weighted by atomic mass is 35.5. The first-order valence-electron chi connectivity index (χ1n) is 7.14. The molecule has 0 saturated carbocycles. The van der Waals surface area contributed by atoms with Gasteiger partial charge in [0.05, 0.1) is 15.1 Å². The van der Waals surface area contributed by atoms with Crippen LogP contribution in [0.15, 0.2) is 47.5 Å². The Morgan fingerprint density at radius 3 is 2.72 bits per heavy atom. The number of nitrogens with zero attached hydrogens (tertiary/aromatic N) is 3. The minimum absolute atomic E-state index is 0.00940. The minimum Gasteiger partial charge on any atom is -0.484 e. The monoisotopic (exact) mass is 377 g/mol. The van der Waals surface area contributed by atoms with E-state index in [9.17, 15) is 14.9 Å². The number of non-ortho nitro benzene ring substituents is 1. The molecule has 2 aromatic carbocycles. The Balaban J connectivity index is 1.82. The molecule has 9 heteroatoms. The van der Waals surface area contributed by atoms with Crippen LogP contribution in [-0.4, -0.2) is 22.0 Å². The number of rotatable bonds is 4. The van der Waals surface area contributed by atoms with E-state index in [0.29, 0.717) is 21.1 Å². The van der Waals surface area contributed by atoms with E-state index in [1.807, 2.05) is 0 Å². The van der Waals surface area contributed by atoms with Crippen molar-refractivity contribution in [2.24, 2.45) is 12.0 Å². The Morgan fingerprint density at radius 1 is 1.32 bits per heavy atom. The zero-order chi connectivity index (χ0) is 18.0. The molecule has 0 atom stereocenters. The third-order valence-corrected chi connectivity index (χ3v) is 4.76. The number of fused-ring (bicyclic) bond motifs is 1. The van der Waals surface area contributed by atoms with Gasteiger partial charge >= 0.3 is 0 Å². The number of thiazole rings is 1. The first-order valence-corrected chi connectivity index (χ1v) is 8.33. The summed E-state index contributed by atoms with van der Waals surface area (Å²) in [4.78, 5) is 26.9. The van der Waals surface area contributed by atoms with Crippen LogP contribution in [0.2, 0.25) is 5.02 Å². The van der Waals surface area contributed by atoms with E-state index in [1.54, 1.807) is 41.9 Å². The van der Waals surface area contributed by atoms with Crippen LogP contribution in [0.1, 0.15) is 0 Å². The lowest BCUT2D eigenvalue weighted by Gasteiger charge is -2.02. The van der Waals surface area contributed by atoms with E-state index in [0.717, 1.165) is 4.70 Å². The number of amides is 1. The van der Waals surface area contributed by atoms with Gasteiger partial charge in [-0.2, -0.15) is 4.99 Å². The van der Waals surface area contributed by atoms with Crippen molar-refractivity contribution in [2.45, 2.75) is 0 Å². The third-order valence-electron chi connectivity index (χ3n) is 3.40. The van der Waals surface area contributed by atoms with Gasteiger partial charge in [0.15, 0.2) is 11.4 Å². The van der Waals surface area contributed by atoms with Crippen LogP contribution in [0.5, 0.6) is 5.75 Å². The first kappa shape index (κ1) is 17.1. The van der Waals surface area contributed by atoms with Crippen LogP contribution in [0.25, 0.3) is 10.2 Å². The van der Waals surface area contributed by atoms with Gasteiger partial charge in [0.2, 0.25) is 0 Å². The van der Waals surface area contributed by atoms with Crippen molar-refractivity contribution in [3.63, 3.8) is 0 Å². The predicted molar refractivity (Wildman–Crippen MR) is 95.0 cm³/mol. The number of halogens is 1. The highest BCUT2D eigenvalue weighted by molar-refractivity contribution is 7.16. The highest BCUT2D eigenvalue weighted by Crippen LogP contribution is 2.22. The summed E-state index contributed by atoms with van der Waals surface area (Å²) in [6.07, 6.45) is 0. The molecule has 1 aromatic heterocycles. The first-order chi connectivity index (χ1) is 11.9. The second-order valence-corrected chi connectivity index (χ2v) is 6.55. The Hall–Kier alpha value is -2.71. The molecule has 0 bridgehead atoms. The molecule has 0 radical (unpaired) electrons. The zero-order valence-electron chi connectivity index (χ0n) is 13.0. The maximum Gasteiger partial charge on any atom is 0.286 e. The van der Waals surface area contributed by atoms with Crippen LogP contribution in [0, 0.1) is 10.1 Å². The molecule has 3 rings (SSSR count). The molecule has 3 aromatic rings. The summed E-state index contributed by atoms with van der Waals surface area (Å²) in [6.45, 7) is -0.212. The van der Waals surface area contributed by atoms with Crippen molar-refractivity contribution in [3.8, 4) is 5.75 Å². The van der Waals surface area contributed by atoms with Crippen molar-refractivity contribution < 1.29 is 14.5 Å². The molecule has 128 valence electrons. The number of carbonyl (C=O) groups excluding carboxylic acids is 1. The molecule has 0 aliphatic rings. The third kappa shape index (κ3) is 3.86. The van der Waals surface area contributed by atoms with Crippen molar-refractivity contribution in [1.29, 1.82) is 0 Å². The van der Waals surface area contributed by atoms with Crippen molar-refractivity contribution in [2.75, 3.05) is 6.61 Å². The van der Waals surface area contributed by atoms with Gasteiger partial charge in [-0.05, 0) is 30.3 Å². The second kappa shape index (κ2) is 7.04. The number of aromatic nitrogens is 1. The summed E-state index contributed by atoms with van der Waals surface area (Å²) in [5.41, 5.74) is 0.634. The number of hydrogen-bond donors (Lipinski definition) is 0. The summed E-state index contributed by atoms with van der Waals surface area (Å²) >= 11 is 7.06. The number of carbonyl (C=O) groups is 1. The summed E-state index contributed by atoms with van der Waals surface area (Å²) in [7, 11) is 1.70. The summed E-state index contributed by atoms with van der Waals surface area (Å²) in [5.74, 6) is 0.0656. The Labute approximate surface area is 150 Å². The van der Waals surface area contributed by atoms with E-state index in [4.69, 9.17) is 16.3 Å². The number of benzene rings is 2.